The molecular weight excluding hydrogens is 1310 g/mol. The number of aromatic hydroxyl groups is 1. The van der Waals surface area contributed by atoms with Crippen molar-refractivity contribution in [2.24, 2.45) is 0 Å². The van der Waals surface area contributed by atoms with Crippen molar-refractivity contribution in [2.75, 3.05) is 0 Å². The first kappa shape index (κ1) is 69.9. The minimum absolute atomic E-state index is 0.0522. The summed E-state index contributed by atoms with van der Waals surface area (Å²) in [6.45, 7) is 40.7. The van der Waals surface area contributed by atoms with Crippen LogP contribution >= 0.6 is 0 Å². The van der Waals surface area contributed by atoms with E-state index >= 15 is 0 Å². The van der Waals surface area contributed by atoms with Crippen molar-refractivity contribution in [1.82, 2.24) is 39.9 Å². The SMILES string of the molecule is CC(C)(C)c1ccc(-c2cc3c(cc2-c2ccc(C(C)(C)C)cc2)-c2nc-3nc3[nH]c(nc4nc(nc5[nH]c(n2)c2cc(-c6ccc(C(C)(C)C)cc6)c(-c6ccc(C(C)(C)C)cc6)cc52)-c2cc(-c5ccccc5O)ccc2-4)c2cc(-c4ccc(C(C)(C)C)cc4)c(-c4ccc(C(C)(C)C)cc4)cc32)cc1. The van der Waals surface area contributed by atoms with Gasteiger partial charge in [0.05, 0.1) is 0 Å². The molecule has 14 aromatic rings. The molecule has 16 rings (SSSR count). The Balaban J connectivity index is 1.06. The molecule has 9 nitrogen and oxygen atoms in total. The van der Waals surface area contributed by atoms with Crippen molar-refractivity contribution in [1.29, 1.82) is 0 Å². The zero-order chi connectivity index (χ0) is 75.2. The number of nitrogens with zero attached hydrogens (tertiary/aromatic N) is 6. The van der Waals surface area contributed by atoms with E-state index in [2.05, 4.69) is 329 Å². The average molecular weight is 1400 g/mol. The third-order valence-electron chi connectivity index (χ3n) is 21.8. The second kappa shape index (κ2) is 25.4. The summed E-state index contributed by atoms with van der Waals surface area (Å²) in [4.78, 5) is 42.1. The maximum atomic E-state index is 11.5. The van der Waals surface area contributed by atoms with Gasteiger partial charge in [-0.05, 0) is 193 Å². The summed E-state index contributed by atoms with van der Waals surface area (Å²) in [5, 5.41) is 14.9. The van der Waals surface area contributed by atoms with Gasteiger partial charge in [-0.15, -0.1) is 0 Å². The van der Waals surface area contributed by atoms with Crippen molar-refractivity contribution >= 4 is 44.1 Å². The molecule has 0 spiro atoms. The van der Waals surface area contributed by atoms with Crippen LogP contribution < -0.4 is 0 Å². The van der Waals surface area contributed by atoms with Crippen LogP contribution in [0.4, 0.5) is 0 Å². The maximum Gasteiger partial charge on any atom is 0.164 e. The summed E-state index contributed by atoms with van der Waals surface area (Å²) >= 11 is 0. The molecule has 9 heteroatoms. The summed E-state index contributed by atoms with van der Waals surface area (Å²) in [5.41, 5.74) is 26.9. The van der Waals surface area contributed by atoms with Gasteiger partial charge in [0.1, 0.15) is 28.3 Å². The fraction of sp³-hybridized carbons (Fsp3) is 0.245. The Kier molecular flexibility index (Phi) is 16.6. The zero-order valence-corrected chi connectivity index (χ0v) is 65.0. The molecule has 0 radical (unpaired) electrons. The first-order valence-electron chi connectivity index (χ1n) is 37.6. The van der Waals surface area contributed by atoms with Gasteiger partial charge in [0.2, 0.25) is 0 Å². The molecule has 0 saturated carbocycles. The highest BCUT2D eigenvalue weighted by Gasteiger charge is 2.29. The van der Waals surface area contributed by atoms with Gasteiger partial charge in [0, 0.05) is 49.4 Å². The molecule has 0 atom stereocenters. The Morgan fingerprint density at radius 3 is 0.682 bits per heavy atom. The van der Waals surface area contributed by atoms with Crippen molar-refractivity contribution < 1.29 is 5.11 Å². The van der Waals surface area contributed by atoms with E-state index in [0.29, 0.717) is 51.4 Å². The van der Waals surface area contributed by atoms with E-state index in [-0.39, 0.29) is 38.2 Å². The molecule has 5 heterocycles. The number of para-hydroxylation sites is 1. The topological polar surface area (TPSA) is 129 Å². The Hall–Kier alpha value is -11.4. The molecule has 107 heavy (non-hydrogen) atoms. The van der Waals surface area contributed by atoms with Gasteiger partial charge in [0.25, 0.3) is 0 Å². The van der Waals surface area contributed by atoms with E-state index in [9.17, 15) is 5.11 Å². The highest BCUT2D eigenvalue weighted by Crippen LogP contribution is 2.48. The van der Waals surface area contributed by atoms with Crippen LogP contribution in [-0.2, 0) is 32.5 Å². The highest BCUT2D eigenvalue weighted by molar-refractivity contribution is 6.12. The molecule has 0 amide bonds. The Morgan fingerprint density at radius 2 is 0.430 bits per heavy atom. The first-order valence-corrected chi connectivity index (χ1v) is 37.6. The number of phenols is 1. The highest BCUT2D eigenvalue weighted by atomic mass is 16.3. The number of phenolic OH excluding ortho intramolecular Hbond substituents is 1. The van der Waals surface area contributed by atoms with Crippen LogP contribution in [0, 0.1) is 0 Å². The molecule has 8 bridgehead atoms. The third-order valence-corrected chi connectivity index (χ3v) is 21.8. The molecule has 0 fully saturated rings. The van der Waals surface area contributed by atoms with E-state index in [1.54, 1.807) is 6.07 Å². The van der Waals surface area contributed by atoms with Gasteiger partial charge in [-0.1, -0.05) is 294 Å². The molecule has 0 saturated heterocycles. The van der Waals surface area contributed by atoms with Gasteiger partial charge in [-0.3, -0.25) is 0 Å². The number of benzene rings is 11. The van der Waals surface area contributed by atoms with Crippen LogP contribution in [0.25, 0.3) is 168 Å². The van der Waals surface area contributed by atoms with Crippen LogP contribution in [0.15, 0.2) is 224 Å². The summed E-state index contributed by atoms with van der Waals surface area (Å²) in [6, 6.07) is 81.6. The number of fused-ring (bicyclic) bond motifs is 20. The summed E-state index contributed by atoms with van der Waals surface area (Å²) in [5.74, 6) is 2.07. The average Bonchev–Trinajstić information content (AvgIpc) is 1.61. The lowest BCUT2D eigenvalue weighted by molar-refractivity contribution is 0.477. The lowest BCUT2D eigenvalue weighted by atomic mass is 9.84. The molecule has 2 aliphatic heterocycles. The fourth-order valence-electron chi connectivity index (χ4n) is 15.1. The molecule has 11 aromatic carbocycles. The van der Waals surface area contributed by atoms with E-state index in [4.69, 9.17) is 29.9 Å². The number of aromatic amines is 2. The lowest BCUT2D eigenvalue weighted by Gasteiger charge is -2.21. The molecule has 3 N–H and O–H groups in total. The van der Waals surface area contributed by atoms with Crippen molar-refractivity contribution in [3.05, 3.63) is 258 Å². The minimum Gasteiger partial charge on any atom is -0.507 e. The second-order valence-corrected chi connectivity index (χ2v) is 35.7. The second-order valence-electron chi connectivity index (χ2n) is 35.7. The van der Waals surface area contributed by atoms with Gasteiger partial charge in [-0.25, -0.2) is 29.9 Å². The zero-order valence-electron chi connectivity index (χ0n) is 65.0. The normalized spacial score (nSPS) is 12.8. The van der Waals surface area contributed by atoms with Crippen molar-refractivity contribution in [2.45, 2.75) is 157 Å². The molecule has 2 aliphatic rings. The number of rotatable bonds is 7. The van der Waals surface area contributed by atoms with Gasteiger partial charge < -0.3 is 15.1 Å². The summed E-state index contributed by atoms with van der Waals surface area (Å²) in [6.07, 6.45) is 0. The van der Waals surface area contributed by atoms with E-state index in [0.717, 1.165) is 116 Å². The fourth-order valence-corrected chi connectivity index (χ4v) is 15.1. The quantitative estimate of drug-likeness (QED) is 0.145. The molecular formula is C98H94N8O. The Morgan fingerprint density at radius 1 is 0.206 bits per heavy atom. The molecule has 0 aliphatic carbocycles. The van der Waals surface area contributed by atoms with Crippen LogP contribution in [0.5, 0.6) is 5.75 Å². The number of nitrogens with one attached hydrogen (secondary N) is 2. The van der Waals surface area contributed by atoms with E-state index in [1.165, 1.54) is 33.4 Å². The van der Waals surface area contributed by atoms with Crippen molar-refractivity contribution in [3.63, 3.8) is 0 Å². The van der Waals surface area contributed by atoms with E-state index in [1.807, 2.05) is 24.3 Å². The predicted octanol–water partition coefficient (Wildman–Crippen LogP) is 26.0. The molecule has 532 valence electrons. The van der Waals surface area contributed by atoms with Crippen molar-refractivity contribution in [3.8, 4) is 129 Å². The monoisotopic (exact) mass is 1400 g/mol. The van der Waals surface area contributed by atoms with Gasteiger partial charge >= 0.3 is 0 Å². The van der Waals surface area contributed by atoms with Crippen LogP contribution in [0.3, 0.4) is 0 Å². The lowest BCUT2D eigenvalue weighted by Crippen LogP contribution is -2.10. The predicted molar refractivity (Wildman–Crippen MR) is 448 cm³/mol. The number of H-pyrrole nitrogens is 2. The van der Waals surface area contributed by atoms with Crippen LogP contribution in [0.1, 0.15) is 158 Å². The summed E-state index contributed by atoms with van der Waals surface area (Å²) < 4.78 is 0. The molecule has 3 aromatic heterocycles. The number of hydrogen-bond acceptors (Lipinski definition) is 7. The standard InChI is InChI=1S/C98H94N8O/c1-93(2,3)63-36-23-56(24-37-63)71-50-78-79(51-72(71)57-25-38-64(39-26-57)94(4,5)6)89-102-87(78)100-85-70-48-35-62(69-21-19-20-22-84(69)107)49-77(70)86(99-85)101-88-80-52-73(58-27-40-65(41-28-58)95(7,8)9)74(59-29-42-66(43-30-59)96(10,11)12)53-81(80)90(103-88)105-92-83-55-76(61-33-46-68(47-34-61)98(16,17)18)75(54-82(83)91(104-89)106-92)60-31-44-67(45-32-60)97(13,14)15/h19-55,107H,1-18H3,(H2,99,100,101,102,103,104,105,106). The smallest absolute Gasteiger partial charge is 0.164 e. The van der Waals surface area contributed by atoms with Crippen LogP contribution in [-0.4, -0.2) is 45.0 Å². The maximum absolute atomic E-state index is 11.5. The minimum atomic E-state index is -0.0572. The van der Waals surface area contributed by atoms with E-state index < -0.39 is 0 Å². The first-order chi connectivity index (χ1) is 50.7. The molecule has 0 unspecified atom stereocenters. The Labute approximate surface area is 629 Å². The third kappa shape index (κ3) is 13.1. The number of aromatic nitrogens is 8. The summed E-state index contributed by atoms with van der Waals surface area (Å²) in [7, 11) is 0. The van der Waals surface area contributed by atoms with Crippen LogP contribution in [0.2, 0.25) is 0 Å². The largest absolute Gasteiger partial charge is 0.507 e. The van der Waals surface area contributed by atoms with Gasteiger partial charge in [0.15, 0.2) is 23.3 Å². The number of hydrogen-bond donors (Lipinski definition) is 3. The Bertz CT molecular complexity index is 6050. The van der Waals surface area contributed by atoms with Gasteiger partial charge in [-0.2, -0.15) is 0 Å².